The normalized spacial score (nSPS) is 18.4. The number of hydrogen-bond donors (Lipinski definition) is 1. The van der Waals surface area contributed by atoms with Crippen LogP contribution in [0.15, 0.2) is 55.6 Å². The van der Waals surface area contributed by atoms with Crippen LogP contribution in [-0.2, 0) is 24.7 Å². The third kappa shape index (κ3) is 4.46. The van der Waals surface area contributed by atoms with Crippen LogP contribution in [0.2, 0.25) is 0 Å². The molecule has 148 valence electrons. The summed E-state index contributed by atoms with van der Waals surface area (Å²) >= 11 is 0. The smallest absolute Gasteiger partial charge is 0.326 e. The molecule has 0 saturated carbocycles. The van der Waals surface area contributed by atoms with Gasteiger partial charge in [-0.05, 0) is 12.5 Å². The van der Waals surface area contributed by atoms with Crippen LogP contribution in [0.5, 0.6) is 0 Å². The van der Waals surface area contributed by atoms with Gasteiger partial charge in [0.05, 0.1) is 0 Å². The fourth-order valence-electron chi connectivity index (χ4n) is 2.81. The summed E-state index contributed by atoms with van der Waals surface area (Å²) in [6.45, 7) is 8.17. The van der Waals surface area contributed by atoms with Gasteiger partial charge in [0.1, 0.15) is 12.1 Å². The molecule has 0 unspecified atom stereocenters. The summed E-state index contributed by atoms with van der Waals surface area (Å²) in [7, 11) is 0. The lowest BCUT2D eigenvalue weighted by Crippen LogP contribution is -2.42. The van der Waals surface area contributed by atoms with Crippen LogP contribution < -0.4 is 5.32 Å². The predicted octanol–water partition coefficient (Wildman–Crippen LogP) is 1.20. The number of amides is 4. The summed E-state index contributed by atoms with van der Waals surface area (Å²) in [5.41, 5.74) is -0.664. The molecule has 1 fully saturated rings. The van der Waals surface area contributed by atoms with Crippen molar-refractivity contribution < 1.29 is 23.9 Å². The van der Waals surface area contributed by atoms with E-state index in [1.165, 1.54) is 4.90 Å². The number of carbonyl (C=O) groups excluding carboxylic acids is 4. The van der Waals surface area contributed by atoms with Gasteiger partial charge in [0.25, 0.3) is 11.8 Å². The van der Waals surface area contributed by atoms with Gasteiger partial charge in [0.2, 0.25) is 0 Å². The van der Waals surface area contributed by atoms with E-state index >= 15 is 0 Å². The molecule has 1 N–H and O–H groups in total. The first kappa shape index (κ1) is 20.9. The number of esters is 1. The number of nitrogens with zero attached hydrogens (tertiary/aromatic N) is 2. The third-order valence-electron chi connectivity index (χ3n) is 4.32. The van der Waals surface area contributed by atoms with Gasteiger partial charge in [-0.25, -0.2) is 4.79 Å². The van der Waals surface area contributed by atoms with Crippen LogP contribution >= 0.6 is 0 Å². The highest BCUT2D eigenvalue weighted by Gasteiger charge is 2.49. The first-order chi connectivity index (χ1) is 13.3. The quantitative estimate of drug-likeness (QED) is 0.391. The van der Waals surface area contributed by atoms with E-state index in [2.05, 4.69) is 18.5 Å². The second-order valence-corrected chi connectivity index (χ2v) is 6.35. The molecule has 0 aromatic heterocycles. The van der Waals surface area contributed by atoms with Crippen LogP contribution in [0.4, 0.5) is 4.79 Å². The van der Waals surface area contributed by atoms with E-state index < -0.39 is 42.5 Å². The topological polar surface area (TPSA) is 96.0 Å². The Morgan fingerprint density at radius 1 is 1.18 bits per heavy atom. The Balaban J connectivity index is 1.97. The van der Waals surface area contributed by atoms with E-state index in [1.54, 1.807) is 49.4 Å². The molecule has 0 radical (unpaired) electrons. The minimum atomic E-state index is -1.26. The van der Waals surface area contributed by atoms with Gasteiger partial charge in [-0.2, -0.15) is 0 Å². The van der Waals surface area contributed by atoms with E-state index in [9.17, 15) is 19.2 Å². The number of hydrogen-bond acceptors (Lipinski definition) is 5. The van der Waals surface area contributed by atoms with Crippen LogP contribution in [0.1, 0.15) is 12.5 Å². The SMILES string of the molecule is C=CCN(CC=C)C(=O)COC(=O)CN1C(=O)N[C@](C)(c2ccccc2)C1=O. The number of imide groups is 1. The van der Waals surface area contributed by atoms with Crippen molar-refractivity contribution in [2.24, 2.45) is 0 Å². The average Bonchev–Trinajstić information content (AvgIpc) is 2.90. The van der Waals surface area contributed by atoms with Gasteiger partial charge in [-0.15, -0.1) is 13.2 Å². The maximum atomic E-state index is 12.7. The van der Waals surface area contributed by atoms with Gasteiger partial charge in [-0.1, -0.05) is 42.5 Å². The molecule has 1 aliphatic rings. The van der Waals surface area contributed by atoms with Crippen molar-refractivity contribution in [3.8, 4) is 0 Å². The summed E-state index contributed by atoms with van der Waals surface area (Å²) in [5.74, 6) is -1.85. The lowest BCUT2D eigenvalue weighted by atomic mass is 9.92. The first-order valence-electron chi connectivity index (χ1n) is 8.68. The van der Waals surface area contributed by atoms with Crippen molar-refractivity contribution in [1.82, 2.24) is 15.1 Å². The Hall–Kier alpha value is -3.42. The number of ether oxygens (including phenoxy) is 1. The van der Waals surface area contributed by atoms with Gasteiger partial charge in [0, 0.05) is 13.1 Å². The Morgan fingerprint density at radius 2 is 1.79 bits per heavy atom. The third-order valence-corrected chi connectivity index (χ3v) is 4.32. The Bertz CT molecular complexity index is 782. The fraction of sp³-hybridized carbons (Fsp3) is 0.300. The lowest BCUT2D eigenvalue weighted by Gasteiger charge is -2.22. The van der Waals surface area contributed by atoms with Gasteiger partial charge in [0.15, 0.2) is 6.61 Å². The second-order valence-electron chi connectivity index (χ2n) is 6.35. The molecule has 1 aromatic carbocycles. The molecular weight excluding hydrogens is 362 g/mol. The van der Waals surface area contributed by atoms with Crippen LogP contribution in [0.3, 0.4) is 0 Å². The molecule has 1 aliphatic heterocycles. The molecule has 1 atom stereocenters. The number of urea groups is 1. The molecule has 1 saturated heterocycles. The minimum absolute atomic E-state index is 0.283. The van der Waals surface area contributed by atoms with Gasteiger partial charge < -0.3 is 15.0 Å². The van der Waals surface area contributed by atoms with Crippen molar-refractivity contribution in [2.75, 3.05) is 26.2 Å². The molecule has 0 aliphatic carbocycles. The van der Waals surface area contributed by atoms with Crippen LogP contribution in [0, 0.1) is 0 Å². The Morgan fingerprint density at radius 3 is 2.36 bits per heavy atom. The predicted molar refractivity (Wildman–Crippen MR) is 102 cm³/mol. The van der Waals surface area contributed by atoms with Crippen molar-refractivity contribution in [2.45, 2.75) is 12.5 Å². The van der Waals surface area contributed by atoms with Crippen molar-refractivity contribution in [1.29, 1.82) is 0 Å². The highest BCUT2D eigenvalue weighted by Crippen LogP contribution is 2.28. The molecule has 2 rings (SSSR count). The molecule has 28 heavy (non-hydrogen) atoms. The number of carbonyl (C=O) groups is 4. The van der Waals surface area contributed by atoms with E-state index in [4.69, 9.17) is 4.74 Å². The van der Waals surface area contributed by atoms with E-state index in [0.29, 0.717) is 5.56 Å². The summed E-state index contributed by atoms with van der Waals surface area (Å²) < 4.78 is 4.94. The molecule has 8 heteroatoms. The zero-order valence-corrected chi connectivity index (χ0v) is 15.7. The van der Waals surface area contributed by atoms with Crippen LogP contribution in [0.25, 0.3) is 0 Å². The molecule has 0 spiro atoms. The number of nitrogens with one attached hydrogen (secondary N) is 1. The van der Waals surface area contributed by atoms with Crippen LogP contribution in [-0.4, -0.2) is 59.9 Å². The maximum Gasteiger partial charge on any atom is 0.326 e. The zero-order valence-electron chi connectivity index (χ0n) is 15.7. The van der Waals surface area contributed by atoms with Crippen molar-refractivity contribution >= 4 is 23.8 Å². The molecule has 1 aromatic rings. The summed E-state index contributed by atoms with van der Waals surface area (Å²) in [6, 6.07) is 8.03. The summed E-state index contributed by atoms with van der Waals surface area (Å²) in [6.07, 6.45) is 3.09. The van der Waals surface area contributed by atoms with E-state index in [1.807, 2.05) is 0 Å². The van der Waals surface area contributed by atoms with Crippen molar-refractivity contribution in [3.63, 3.8) is 0 Å². The van der Waals surface area contributed by atoms with Gasteiger partial charge >= 0.3 is 12.0 Å². The Labute approximate surface area is 163 Å². The number of rotatable bonds is 9. The zero-order chi connectivity index (χ0) is 20.7. The molecule has 0 bridgehead atoms. The number of benzene rings is 1. The monoisotopic (exact) mass is 385 g/mol. The highest BCUT2D eigenvalue weighted by molar-refractivity contribution is 6.08. The molecule has 4 amide bonds. The fourth-order valence-corrected chi connectivity index (χ4v) is 2.81. The average molecular weight is 385 g/mol. The summed E-state index contributed by atoms with van der Waals surface area (Å²) in [5, 5.41) is 2.60. The Kier molecular flexibility index (Phi) is 6.70. The van der Waals surface area contributed by atoms with Gasteiger partial charge in [-0.3, -0.25) is 19.3 Å². The molecular formula is C20H23N3O5. The highest BCUT2D eigenvalue weighted by atomic mass is 16.5. The van der Waals surface area contributed by atoms with Crippen molar-refractivity contribution in [3.05, 3.63) is 61.2 Å². The largest absolute Gasteiger partial charge is 0.454 e. The second kappa shape index (κ2) is 8.98. The first-order valence-corrected chi connectivity index (χ1v) is 8.68. The van der Waals surface area contributed by atoms with E-state index in [-0.39, 0.29) is 13.1 Å². The lowest BCUT2D eigenvalue weighted by molar-refractivity contribution is -0.153. The maximum absolute atomic E-state index is 12.7. The van der Waals surface area contributed by atoms with E-state index in [0.717, 1.165) is 4.90 Å². The molecule has 8 nitrogen and oxygen atoms in total. The summed E-state index contributed by atoms with van der Waals surface area (Å²) in [4.78, 5) is 51.3. The molecule has 1 heterocycles. The minimum Gasteiger partial charge on any atom is -0.454 e. The standard InChI is InChI=1S/C20H23N3O5/c1-4-11-22(12-5-2)16(24)14-28-17(25)13-23-18(26)20(3,21-19(23)27)15-9-7-6-8-10-15/h4-10H,1-2,11-14H2,3H3,(H,21,27)/t20-/m1/s1.